The lowest BCUT2D eigenvalue weighted by molar-refractivity contribution is 0.200. The van der Waals surface area contributed by atoms with Crippen LogP contribution in [0.3, 0.4) is 0 Å². The molecule has 0 amide bonds. The van der Waals surface area contributed by atoms with Gasteiger partial charge < -0.3 is 10.5 Å². The molecule has 0 radical (unpaired) electrons. The number of thioether (sulfide) groups is 1. The molecule has 1 aromatic carbocycles. The topological polar surface area (TPSA) is 35.2 Å². The van der Waals surface area contributed by atoms with Gasteiger partial charge in [-0.1, -0.05) is 6.07 Å². The average Bonchev–Trinajstić information content (AvgIpc) is 2.30. The van der Waals surface area contributed by atoms with E-state index in [9.17, 15) is 4.39 Å². The Morgan fingerprint density at radius 2 is 2.19 bits per heavy atom. The van der Waals surface area contributed by atoms with Crippen molar-refractivity contribution >= 4 is 11.8 Å². The molecule has 16 heavy (non-hydrogen) atoms. The van der Waals surface area contributed by atoms with Gasteiger partial charge in [-0.05, 0) is 35.4 Å². The molecule has 1 aromatic rings. The Labute approximate surface area is 100 Å². The summed E-state index contributed by atoms with van der Waals surface area (Å²) in [5.41, 5.74) is 7.61. The van der Waals surface area contributed by atoms with Crippen LogP contribution < -0.4 is 5.73 Å². The lowest BCUT2D eigenvalue weighted by atomic mass is 10.1. The van der Waals surface area contributed by atoms with Gasteiger partial charge in [-0.25, -0.2) is 4.39 Å². The van der Waals surface area contributed by atoms with Crippen LogP contribution >= 0.6 is 11.8 Å². The number of rotatable bonds is 7. The molecule has 2 N–H and O–H groups in total. The van der Waals surface area contributed by atoms with Gasteiger partial charge in [0.05, 0.1) is 0 Å². The van der Waals surface area contributed by atoms with Gasteiger partial charge in [-0.3, -0.25) is 0 Å². The van der Waals surface area contributed by atoms with Crippen LogP contribution in [0.2, 0.25) is 0 Å². The Bertz CT molecular complexity index is 320. The third kappa shape index (κ3) is 4.51. The largest absolute Gasteiger partial charge is 0.385 e. The third-order valence-electron chi connectivity index (χ3n) is 2.28. The highest BCUT2D eigenvalue weighted by molar-refractivity contribution is 7.98. The van der Waals surface area contributed by atoms with Gasteiger partial charge in [0.15, 0.2) is 0 Å². The number of halogens is 1. The molecule has 0 atom stereocenters. The van der Waals surface area contributed by atoms with Crippen molar-refractivity contribution in [3.63, 3.8) is 0 Å². The summed E-state index contributed by atoms with van der Waals surface area (Å²) in [6, 6.07) is 4.83. The molecular weight excluding hydrogens is 225 g/mol. The number of hydrogen-bond donors (Lipinski definition) is 1. The molecule has 0 aliphatic carbocycles. The van der Waals surface area contributed by atoms with E-state index >= 15 is 0 Å². The van der Waals surface area contributed by atoms with Gasteiger partial charge in [0.25, 0.3) is 0 Å². The van der Waals surface area contributed by atoms with E-state index in [1.165, 1.54) is 12.1 Å². The normalized spacial score (nSPS) is 10.7. The minimum absolute atomic E-state index is 0.214. The predicted molar refractivity (Wildman–Crippen MR) is 66.9 cm³/mol. The van der Waals surface area contributed by atoms with Crippen LogP contribution in [-0.4, -0.2) is 19.5 Å². The zero-order valence-corrected chi connectivity index (χ0v) is 10.4. The smallest absolute Gasteiger partial charge is 0.123 e. The highest BCUT2D eigenvalue weighted by Gasteiger charge is 2.02. The monoisotopic (exact) mass is 243 g/mol. The van der Waals surface area contributed by atoms with Gasteiger partial charge >= 0.3 is 0 Å². The molecule has 0 fully saturated rings. The molecule has 2 nitrogen and oxygen atoms in total. The first-order chi connectivity index (χ1) is 7.77. The summed E-state index contributed by atoms with van der Waals surface area (Å²) in [6.45, 7) is 1.19. The molecule has 4 heteroatoms. The van der Waals surface area contributed by atoms with Crippen molar-refractivity contribution in [2.45, 2.75) is 18.7 Å². The van der Waals surface area contributed by atoms with Crippen molar-refractivity contribution in [3.05, 3.63) is 35.1 Å². The fourth-order valence-corrected chi connectivity index (χ4v) is 2.38. The molecule has 0 saturated heterocycles. The van der Waals surface area contributed by atoms with Crippen LogP contribution in [0.5, 0.6) is 0 Å². The Hall–Kier alpha value is -0.580. The number of hydrogen-bond acceptors (Lipinski definition) is 3. The van der Waals surface area contributed by atoms with E-state index in [1.54, 1.807) is 7.11 Å². The van der Waals surface area contributed by atoms with Crippen LogP contribution in [0, 0.1) is 5.82 Å². The van der Waals surface area contributed by atoms with Crippen LogP contribution in [0.15, 0.2) is 18.2 Å². The van der Waals surface area contributed by atoms with Crippen molar-refractivity contribution in [2.75, 3.05) is 19.5 Å². The summed E-state index contributed by atoms with van der Waals surface area (Å²) in [4.78, 5) is 0. The van der Waals surface area contributed by atoms with Gasteiger partial charge in [-0.2, -0.15) is 11.8 Å². The van der Waals surface area contributed by atoms with E-state index < -0.39 is 0 Å². The van der Waals surface area contributed by atoms with E-state index in [0.717, 1.165) is 35.7 Å². The maximum atomic E-state index is 12.9. The highest BCUT2D eigenvalue weighted by atomic mass is 32.2. The van der Waals surface area contributed by atoms with Crippen molar-refractivity contribution in [1.82, 2.24) is 0 Å². The molecule has 0 aliphatic heterocycles. The first kappa shape index (κ1) is 13.5. The average molecular weight is 243 g/mol. The van der Waals surface area contributed by atoms with E-state index in [0.29, 0.717) is 6.54 Å². The van der Waals surface area contributed by atoms with E-state index in [4.69, 9.17) is 10.5 Å². The molecule has 0 saturated carbocycles. The third-order valence-corrected chi connectivity index (χ3v) is 3.38. The summed E-state index contributed by atoms with van der Waals surface area (Å²) >= 11 is 1.82. The number of benzene rings is 1. The van der Waals surface area contributed by atoms with Gasteiger partial charge in [0.2, 0.25) is 0 Å². The van der Waals surface area contributed by atoms with E-state index in [2.05, 4.69) is 0 Å². The summed E-state index contributed by atoms with van der Waals surface area (Å²) < 4.78 is 17.9. The summed E-state index contributed by atoms with van der Waals surface area (Å²) in [7, 11) is 1.71. The first-order valence-electron chi connectivity index (χ1n) is 5.32. The standard InChI is InChI=1S/C12H18FNOS/c1-15-5-2-6-16-9-10-3-4-12(13)7-11(10)8-14/h3-4,7H,2,5-6,8-9,14H2,1H3. The van der Waals surface area contributed by atoms with Crippen LogP contribution in [0.1, 0.15) is 17.5 Å². The zero-order chi connectivity index (χ0) is 11.8. The van der Waals surface area contributed by atoms with Crippen molar-refractivity contribution in [1.29, 1.82) is 0 Å². The molecular formula is C12H18FNOS. The minimum Gasteiger partial charge on any atom is -0.385 e. The first-order valence-corrected chi connectivity index (χ1v) is 6.47. The number of ether oxygens (including phenoxy) is 1. The SMILES string of the molecule is COCCCSCc1ccc(F)cc1CN. The quantitative estimate of drug-likeness (QED) is 0.747. The molecule has 0 bridgehead atoms. The second-order valence-electron chi connectivity index (χ2n) is 3.52. The lowest BCUT2D eigenvalue weighted by Gasteiger charge is -2.07. The molecule has 90 valence electrons. The highest BCUT2D eigenvalue weighted by Crippen LogP contribution is 2.18. The maximum absolute atomic E-state index is 12.9. The molecule has 0 aliphatic rings. The zero-order valence-electron chi connectivity index (χ0n) is 9.54. The lowest BCUT2D eigenvalue weighted by Crippen LogP contribution is -2.02. The van der Waals surface area contributed by atoms with Gasteiger partial charge in [0.1, 0.15) is 5.82 Å². The summed E-state index contributed by atoms with van der Waals surface area (Å²) in [6.07, 6.45) is 1.04. The Kier molecular flexibility index (Phi) is 6.45. The van der Waals surface area contributed by atoms with Gasteiger partial charge in [0, 0.05) is 26.0 Å². The molecule has 0 spiro atoms. The van der Waals surface area contributed by atoms with Crippen molar-refractivity contribution in [2.24, 2.45) is 5.73 Å². The predicted octanol–water partition coefficient (Wildman–Crippen LogP) is 2.55. The van der Waals surface area contributed by atoms with Crippen LogP contribution in [0.4, 0.5) is 4.39 Å². The van der Waals surface area contributed by atoms with Crippen LogP contribution in [0.25, 0.3) is 0 Å². The minimum atomic E-state index is -0.214. The van der Waals surface area contributed by atoms with E-state index in [1.807, 2.05) is 17.8 Å². The maximum Gasteiger partial charge on any atom is 0.123 e. The van der Waals surface area contributed by atoms with Crippen LogP contribution in [-0.2, 0) is 17.0 Å². The molecule has 0 unspecified atom stereocenters. The second-order valence-corrected chi connectivity index (χ2v) is 4.62. The summed E-state index contributed by atoms with van der Waals surface area (Å²) in [5.74, 6) is 1.72. The number of methoxy groups -OCH3 is 1. The Morgan fingerprint density at radius 1 is 1.38 bits per heavy atom. The van der Waals surface area contributed by atoms with Crippen molar-refractivity contribution in [3.8, 4) is 0 Å². The molecule has 0 aromatic heterocycles. The van der Waals surface area contributed by atoms with Gasteiger partial charge in [-0.15, -0.1) is 0 Å². The molecule has 1 rings (SSSR count). The fraction of sp³-hybridized carbons (Fsp3) is 0.500. The van der Waals surface area contributed by atoms with Crippen molar-refractivity contribution < 1.29 is 9.13 Å². The Morgan fingerprint density at radius 3 is 2.88 bits per heavy atom. The molecule has 0 heterocycles. The van der Waals surface area contributed by atoms with E-state index in [-0.39, 0.29) is 5.82 Å². The fourth-order valence-electron chi connectivity index (χ4n) is 1.41. The Balaban J connectivity index is 2.41. The summed E-state index contributed by atoms with van der Waals surface area (Å²) in [5, 5.41) is 0. The second kappa shape index (κ2) is 7.65. The number of nitrogens with two attached hydrogens (primary N) is 1.